The monoisotopic (exact) mass is 375 g/mol. The number of hydrogen-bond acceptors (Lipinski definition) is 4. The van der Waals surface area contributed by atoms with Crippen LogP contribution in [-0.2, 0) is 13.0 Å². The maximum Gasteiger partial charge on any atom is 0.314 e. The lowest BCUT2D eigenvalue weighted by Gasteiger charge is -2.20. The summed E-state index contributed by atoms with van der Waals surface area (Å²) < 4.78 is 5.65. The van der Waals surface area contributed by atoms with E-state index in [1.165, 1.54) is 6.07 Å². The zero-order chi connectivity index (χ0) is 16.4. The Bertz CT molecular complexity index is 761. The number of hydrogen-bond donors (Lipinski definition) is 0. The van der Waals surface area contributed by atoms with Crippen molar-refractivity contribution in [3.05, 3.63) is 69.3 Å². The van der Waals surface area contributed by atoms with Crippen LogP contribution in [-0.4, -0.2) is 15.5 Å². The third-order valence-electron chi connectivity index (χ3n) is 3.86. The zero-order valence-corrected chi connectivity index (χ0v) is 13.8. The van der Waals surface area contributed by atoms with E-state index < -0.39 is 4.92 Å². The molecule has 23 heavy (non-hydrogen) atoms. The fourth-order valence-electron chi connectivity index (χ4n) is 2.72. The van der Waals surface area contributed by atoms with E-state index in [0.29, 0.717) is 24.0 Å². The highest BCUT2D eigenvalue weighted by Crippen LogP contribution is 2.38. The van der Waals surface area contributed by atoms with Gasteiger partial charge in [0.1, 0.15) is 6.61 Å². The molecule has 0 spiro atoms. The minimum Gasteiger partial charge on any atom is -0.482 e. The number of benzene rings is 2. The zero-order valence-electron chi connectivity index (χ0n) is 12.2. The molecule has 0 amide bonds. The van der Waals surface area contributed by atoms with Crippen molar-refractivity contribution < 1.29 is 14.5 Å². The molecule has 0 radical (unpaired) electrons. The van der Waals surface area contributed by atoms with Crippen LogP contribution in [0.15, 0.2) is 42.5 Å². The van der Waals surface area contributed by atoms with Crippen molar-refractivity contribution in [2.24, 2.45) is 0 Å². The SMILES string of the molecule is O=C1c2ccc(OCc3ccccc3)c([N+](=O)[O-])c2CCC1Br. The van der Waals surface area contributed by atoms with Gasteiger partial charge in [-0.25, -0.2) is 0 Å². The van der Waals surface area contributed by atoms with Crippen molar-refractivity contribution in [1.82, 2.24) is 0 Å². The number of rotatable bonds is 4. The highest BCUT2D eigenvalue weighted by molar-refractivity contribution is 9.10. The maximum atomic E-state index is 12.2. The molecule has 0 aromatic heterocycles. The van der Waals surface area contributed by atoms with Gasteiger partial charge >= 0.3 is 5.69 Å². The first-order valence-electron chi connectivity index (χ1n) is 7.23. The fraction of sp³-hybridized carbons (Fsp3) is 0.235. The maximum absolute atomic E-state index is 12.2. The van der Waals surface area contributed by atoms with E-state index in [1.807, 2.05) is 30.3 Å². The van der Waals surface area contributed by atoms with E-state index in [1.54, 1.807) is 6.07 Å². The topological polar surface area (TPSA) is 69.4 Å². The highest BCUT2D eigenvalue weighted by atomic mass is 79.9. The Morgan fingerprint density at radius 3 is 2.65 bits per heavy atom. The first-order chi connectivity index (χ1) is 11.1. The summed E-state index contributed by atoms with van der Waals surface area (Å²) in [6.07, 6.45) is 1.03. The van der Waals surface area contributed by atoms with Crippen LogP contribution < -0.4 is 4.74 Å². The van der Waals surface area contributed by atoms with Gasteiger partial charge in [0.15, 0.2) is 11.5 Å². The van der Waals surface area contributed by atoms with E-state index in [4.69, 9.17) is 4.74 Å². The molecule has 1 aliphatic rings. The molecule has 0 N–H and O–H groups in total. The number of alkyl halides is 1. The van der Waals surface area contributed by atoms with E-state index in [9.17, 15) is 14.9 Å². The lowest BCUT2D eigenvalue weighted by Crippen LogP contribution is -2.23. The Hall–Kier alpha value is -2.21. The quantitative estimate of drug-likeness (QED) is 0.458. The van der Waals surface area contributed by atoms with Crippen molar-refractivity contribution in [2.75, 3.05) is 0 Å². The third kappa shape index (κ3) is 3.12. The number of halogens is 1. The molecule has 0 aliphatic heterocycles. The van der Waals surface area contributed by atoms with Crippen LogP contribution in [0.3, 0.4) is 0 Å². The largest absolute Gasteiger partial charge is 0.482 e. The summed E-state index contributed by atoms with van der Waals surface area (Å²) in [5.74, 6) is 0.0994. The minimum atomic E-state index is -0.457. The number of nitro benzene ring substituents is 1. The molecule has 6 heteroatoms. The average Bonchev–Trinajstić information content (AvgIpc) is 2.56. The van der Waals surface area contributed by atoms with Crippen molar-refractivity contribution in [2.45, 2.75) is 24.3 Å². The van der Waals surface area contributed by atoms with Crippen LogP contribution in [0.1, 0.15) is 27.9 Å². The Balaban J connectivity index is 1.95. The van der Waals surface area contributed by atoms with Crippen LogP contribution in [0.2, 0.25) is 0 Å². The normalized spacial score (nSPS) is 16.7. The van der Waals surface area contributed by atoms with Crippen LogP contribution in [0, 0.1) is 10.1 Å². The van der Waals surface area contributed by atoms with Gasteiger partial charge in [0.05, 0.1) is 9.75 Å². The number of nitrogens with zero attached hydrogens (tertiary/aromatic N) is 1. The minimum absolute atomic E-state index is 0.0915. The molecular formula is C17H14BrNO4. The Morgan fingerprint density at radius 2 is 1.96 bits per heavy atom. The first kappa shape index (κ1) is 15.7. The second-order valence-corrected chi connectivity index (χ2v) is 6.45. The predicted molar refractivity (Wildman–Crippen MR) is 89.2 cm³/mol. The van der Waals surface area contributed by atoms with Gasteiger partial charge in [-0.3, -0.25) is 14.9 Å². The molecule has 0 bridgehead atoms. The lowest BCUT2D eigenvalue weighted by molar-refractivity contribution is -0.386. The van der Waals surface area contributed by atoms with Gasteiger partial charge < -0.3 is 4.74 Å². The van der Waals surface area contributed by atoms with E-state index in [2.05, 4.69) is 15.9 Å². The summed E-state index contributed by atoms with van der Waals surface area (Å²) >= 11 is 3.31. The molecule has 1 unspecified atom stereocenters. The predicted octanol–water partition coefficient (Wildman–Crippen LogP) is 4.07. The van der Waals surface area contributed by atoms with E-state index in [0.717, 1.165) is 5.56 Å². The van der Waals surface area contributed by atoms with Crippen molar-refractivity contribution in [3.63, 3.8) is 0 Å². The molecule has 0 saturated carbocycles. The molecule has 0 saturated heterocycles. The lowest BCUT2D eigenvalue weighted by atomic mass is 9.89. The van der Waals surface area contributed by atoms with Gasteiger partial charge in [-0.1, -0.05) is 46.3 Å². The van der Waals surface area contributed by atoms with Crippen molar-refractivity contribution in [1.29, 1.82) is 0 Å². The van der Waals surface area contributed by atoms with Crippen LogP contribution in [0.5, 0.6) is 5.75 Å². The molecule has 3 rings (SSSR count). The van der Waals surface area contributed by atoms with Gasteiger partial charge in [-0.15, -0.1) is 0 Å². The molecule has 118 valence electrons. The fourth-order valence-corrected chi connectivity index (χ4v) is 3.20. The number of carbonyl (C=O) groups is 1. The summed E-state index contributed by atoms with van der Waals surface area (Å²) in [7, 11) is 0. The second-order valence-electron chi connectivity index (χ2n) is 5.34. The van der Waals surface area contributed by atoms with Gasteiger partial charge in [-0.05, 0) is 30.5 Å². The summed E-state index contributed by atoms with van der Waals surface area (Å²) in [5, 5.41) is 11.5. The van der Waals surface area contributed by atoms with Crippen LogP contribution in [0.4, 0.5) is 5.69 Å². The molecule has 2 aromatic carbocycles. The van der Waals surface area contributed by atoms with Gasteiger partial charge in [0.25, 0.3) is 0 Å². The number of carbonyl (C=O) groups excluding carboxylic acids is 1. The number of nitro groups is 1. The number of fused-ring (bicyclic) bond motifs is 1. The summed E-state index contributed by atoms with van der Waals surface area (Å²) in [6, 6.07) is 12.6. The van der Waals surface area contributed by atoms with E-state index in [-0.39, 0.29) is 28.7 Å². The summed E-state index contributed by atoms with van der Waals surface area (Å²) in [6.45, 7) is 0.246. The third-order valence-corrected chi connectivity index (χ3v) is 4.74. The van der Waals surface area contributed by atoms with Crippen molar-refractivity contribution >= 4 is 27.4 Å². The Labute approximate surface area is 141 Å². The number of ketones is 1. The highest BCUT2D eigenvalue weighted by Gasteiger charge is 2.33. The molecule has 5 nitrogen and oxygen atoms in total. The molecule has 0 heterocycles. The Kier molecular flexibility index (Phi) is 4.43. The average molecular weight is 376 g/mol. The second kappa shape index (κ2) is 6.50. The summed E-state index contributed by atoms with van der Waals surface area (Å²) in [4.78, 5) is 22.9. The molecule has 2 aromatic rings. The standard InChI is InChI=1S/C17H14BrNO4/c18-14-8-6-12-13(17(14)20)7-9-15(16(12)19(21)22)23-10-11-4-2-1-3-5-11/h1-5,7,9,14H,6,8,10H2. The van der Waals surface area contributed by atoms with Crippen LogP contribution >= 0.6 is 15.9 Å². The van der Waals surface area contributed by atoms with Gasteiger partial charge in [-0.2, -0.15) is 0 Å². The number of ether oxygens (including phenoxy) is 1. The first-order valence-corrected chi connectivity index (χ1v) is 8.14. The van der Waals surface area contributed by atoms with Crippen LogP contribution in [0.25, 0.3) is 0 Å². The molecule has 0 fully saturated rings. The molecular weight excluding hydrogens is 362 g/mol. The number of Topliss-reactive ketones (excluding diaryl/α,β-unsaturated/α-hetero) is 1. The smallest absolute Gasteiger partial charge is 0.314 e. The summed E-state index contributed by atoms with van der Waals surface area (Å²) in [5.41, 5.74) is 1.72. The molecule has 1 aliphatic carbocycles. The van der Waals surface area contributed by atoms with E-state index >= 15 is 0 Å². The Morgan fingerprint density at radius 1 is 1.22 bits per heavy atom. The molecule has 1 atom stereocenters. The van der Waals surface area contributed by atoms with Crippen molar-refractivity contribution in [3.8, 4) is 5.75 Å². The van der Waals surface area contributed by atoms with Gasteiger partial charge in [0.2, 0.25) is 0 Å². The van der Waals surface area contributed by atoms with Gasteiger partial charge in [0, 0.05) is 11.1 Å².